The van der Waals surface area contributed by atoms with Gasteiger partial charge in [-0.2, -0.15) is 0 Å². The summed E-state index contributed by atoms with van der Waals surface area (Å²) < 4.78 is 15.6. The number of nitrogens with one attached hydrogen (secondary N) is 1. The molecule has 2 aromatic heterocycles. The summed E-state index contributed by atoms with van der Waals surface area (Å²) in [6.45, 7) is 1.82. The van der Waals surface area contributed by atoms with E-state index in [1.54, 1.807) is 47.7 Å². The number of hydrogen-bond acceptors (Lipinski definition) is 6. The van der Waals surface area contributed by atoms with Crippen LogP contribution < -0.4 is 10.1 Å². The Morgan fingerprint density at radius 1 is 1.03 bits per heavy atom. The second-order valence-corrected chi connectivity index (χ2v) is 7.55. The third kappa shape index (κ3) is 4.76. The molecule has 0 unspecified atom stereocenters. The number of anilines is 1. The van der Waals surface area contributed by atoms with Gasteiger partial charge in [0.1, 0.15) is 12.3 Å². The van der Waals surface area contributed by atoms with Gasteiger partial charge in [-0.15, -0.1) is 5.10 Å². The minimum atomic E-state index is -0.506. The fraction of sp³-hybridized carbons (Fsp3) is 0.167. The van der Waals surface area contributed by atoms with Crippen molar-refractivity contribution in [1.82, 2.24) is 19.1 Å². The number of esters is 1. The molecule has 0 saturated heterocycles. The quantitative estimate of drug-likeness (QED) is 0.304. The van der Waals surface area contributed by atoms with Crippen LogP contribution in [0.15, 0.2) is 73.1 Å². The van der Waals surface area contributed by atoms with E-state index in [0.29, 0.717) is 22.0 Å². The van der Waals surface area contributed by atoms with Crippen molar-refractivity contribution in [2.75, 3.05) is 19.0 Å². The minimum Gasteiger partial charge on any atom is -0.497 e. The molecule has 174 valence electrons. The van der Waals surface area contributed by atoms with Crippen LogP contribution in [-0.4, -0.2) is 44.7 Å². The summed E-state index contributed by atoms with van der Waals surface area (Å²) in [7, 11) is 1.60. The van der Waals surface area contributed by atoms with E-state index in [9.17, 15) is 9.59 Å². The molecule has 0 saturated carbocycles. The summed E-state index contributed by atoms with van der Waals surface area (Å²) >= 11 is 5.66. The summed E-state index contributed by atoms with van der Waals surface area (Å²) in [6, 6.07) is 17.8. The molecular weight excluding hydrogens is 454 g/mol. The highest BCUT2D eigenvalue weighted by Gasteiger charge is 2.18. The number of carbonyl (C=O) groups is 2. The Kier molecular flexibility index (Phi) is 6.88. The third-order valence-electron chi connectivity index (χ3n) is 4.98. The normalized spacial score (nSPS) is 10.6. The maximum atomic E-state index is 12.9. The lowest BCUT2D eigenvalue weighted by Gasteiger charge is -2.10. The number of carbonyl (C=O) groups excluding carboxylic acids is 2. The molecule has 0 aliphatic heterocycles. The van der Waals surface area contributed by atoms with Crippen LogP contribution in [0.1, 0.15) is 17.3 Å². The second kappa shape index (κ2) is 10.2. The summed E-state index contributed by atoms with van der Waals surface area (Å²) in [6.07, 6.45) is 3.68. The molecule has 1 amide bonds. The van der Waals surface area contributed by atoms with Crippen LogP contribution in [0.4, 0.5) is 5.69 Å². The maximum Gasteiger partial charge on any atom is 0.340 e. The van der Waals surface area contributed by atoms with Crippen molar-refractivity contribution in [2.45, 2.75) is 13.5 Å². The maximum absolute atomic E-state index is 12.9. The largest absolute Gasteiger partial charge is 0.497 e. The molecule has 0 aliphatic rings. The average Bonchev–Trinajstić information content (AvgIpc) is 3.48. The zero-order valence-corrected chi connectivity index (χ0v) is 19.5. The highest BCUT2D eigenvalue weighted by atomic mass is 32.1. The molecule has 0 atom stereocenters. The van der Waals surface area contributed by atoms with Gasteiger partial charge in [0, 0.05) is 18.0 Å². The van der Waals surface area contributed by atoms with Crippen molar-refractivity contribution < 1.29 is 19.1 Å². The Bertz CT molecular complexity index is 1360. The number of benzene rings is 2. The average molecular weight is 478 g/mol. The second-order valence-electron chi connectivity index (χ2n) is 7.18. The molecule has 10 heteroatoms. The Morgan fingerprint density at radius 3 is 2.41 bits per heavy atom. The molecule has 2 heterocycles. The highest BCUT2D eigenvalue weighted by Crippen LogP contribution is 2.22. The molecule has 0 fully saturated rings. The van der Waals surface area contributed by atoms with Crippen molar-refractivity contribution in [3.05, 3.63) is 83.4 Å². The van der Waals surface area contributed by atoms with Gasteiger partial charge in [0.2, 0.25) is 10.7 Å². The first-order valence-electron chi connectivity index (χ1n) is 10.6. The van der Waals surface area contributed by atoms with Crippen LogP contribution in [0.5, 0.6) is 5.75 Å². The van der Waals surface area contributed by atoms with Gasteiger partial charge in [-0.3, -0.25) is 9.47 Å². The highest BCUT2D eigenvalue weighted by molar-refractivity contribution is 7.71. The Labute approximate surface area is 201 Å². The number of methoxy groups -OCH3 is 1. The third-order valence-corrected chi connectivity index (χ3v) is 5.36. The van der Waals surface area contributed by atoms with E-state index in [1.807, 2.05) is 48.8 Å². The molecule has 34 heavy (non-hydrogen) atoms. The standard InChI is InChI=1S/C24H23N5O4S/c1-3-33-23(31)19-8-4-5-9-20(19)25-21(30)16-28-24(34)29(27-14-6-7-15-27)22(26-28)17-10-12-18(32-2)13-11-17/h4-15H,3,16H2,1-2H3,(H,25,30). The Balaban J connectivity index is 1.65. The zero-order chi connectivity index (χ0) is 24.1. The molecule has 4 aromatic rings. The van der Waals surface area contributed by atoms with E-state index in [-0.39, 0.29) is 24.6 Å². The first kappa shape index (κ1) is 23.0. The monoisotopic (exact) mass is 477 g/mol. The van der Waals surface area contributed by atoms with Gasteiger partial charge in [-0.25, -0.2) is 14.2 Å². The van der Waals surface area contributed by atoms with Gasteiger partial charge in [-0.1, -0.05) is 12.1 Å². The van der Waals surface area contributed by atoms with Crippen molar-refractivity contribution in [3.8, 4) is 17.1 Å². The van der Waals surface area contributed by atoms with Gasteiger partial charge in [0.15, 0.2) is 5.82 Å². The van der Waals surface area contributed by atoms with E-state index in [4.69, 9.17) is 21.7 Å². The van der Waals surface area contributed by atoms with Crippen molar-refractivity contribution in [1.29, 1.82) is 0 Å². The van der Waals surface area contributed by atoms with Crippen LogP contribution >= 0.6 is 12.2 Å². The molecule has 0 aliphatic carbocycles. The minimum absolute atomic E-state index is 0.145. The number of amides is 1. The number of rotatable bonds is 8. The van der Waals surface area contributed by atoms with Crippen LogP contribution in [0.2, 0.25) is 0 Å². The van der Waals surface area contributed by atoms with E-state index < -0.39 is 5.97 Å². The summed E-state index contributed by atoms with van der Waals surface area (Å²) in [4.78, 5) is 25.1. The summed E-state index contributed by atoms with van der Waals surface area (Å²) in [5.74, 6) is 0.387. The van der Waals surface area contributed by atoms with E-state index >= 15 is 0 Å². The molecule has 1 N–H and O–H groups in total. The van der Waals surface area contributed by atoms with E-state index in [2.05, 4.69) is 10.4 Å². The number of nitrogens with zero attached hydrogens (tertiary/aromatic N) is 4. The predicted molar refractivity (Wildman–Crippen MR) is 129 cm³/mol. The molecule has 0 spiro atoms. The lowest BCUT2D eigenvalue weighted by molar-refractivity contribution is -0.116. The zero-order valence-electron chi connectivity index (χ0n) is 18.7. The Morgan fingerprint density at radius 2 is 1.74 bits per heavy atom. The fourth-order valence-electron chi connectivity index (χ4n) is 3.39. The van der Waals surface area contributed by atoms with Gasteiger partial charge >= 0.3 is 5.97 Å². The van der Waals surface area contributed by atoms with Crippen molar-refractivity contribution >= 4 is 29.8 Å². The number of hydrogen-bond donors (Lipinski definition) is 1. The molecular formula is C24H23N5O4S. The smallest absolute Gasteiger partial charge is 0.340 e. The number of aromatic nitrogens is 4. The van der Waals surface area contributed by atoms with Crippen molar-refractivity contribution in [3.63, 3.8) is 0 Å². The first-order chi connectivity index (χ1) is 16.5. The van der Waals surface area contributed by atoms with Gasteiger partial charge in [-0.05, 0) is 67.7 Å². The van der Waals surface area contributed by atoms with Crippen LogP contribution in [0, 0.1) is 4.77 Å². The fourth-order valence-corrected chi connectivity index (χ4v) is 3.68. The molecule has 2 aromatic carbocycles. The van der Waals surface area contributed by atoms with Crippen LogP contribution in [0.3, 0.4) is 0 Å². The lowest BCUT2D eigenvalue weighted by Crippen LogP contribution is -2.21. The molecule has 0 bridgehead atoms. The van der Waals surface area contributed by atoms with Crippen LogP contribution in [0.25, 0.3) is 11.4 Å². The number of para-hydroxylation sites is 1. The molecule has 0 radical (unpaired) electrons. The summed E-state index contributed by atoms with van der Waals surface area (Å²) in [5.41, 5.74) is 1.43. The predicted octanol–water partition coefficient (Wildman–Crippen LogP) is 4.02. The topological polar surface area (TPSA) is 92.3 Å². The number of ether oxygens (including phenoxy) is 2. The SMILES string of the molecule is CCOC(=O)c1ccccc1NC(=O)Cn1nc(-c2ccc(OC)cc2)n(-n2cccc2)c1=S. The van der Waals surface area contributed by atoms with Gasteiger partial charge in [0.05, 0.1) is 25.0 Å². The van der Waals surface area contributed by atoms with Crippen LogP contribution in [-0.2, 0) is 16.1 Å². The van der Waals surface area contributed by atoms with Gasteiger partial charge in [0.25, 0.3) is 0 Å². The lowest BCUT2D eigenvalue weighted by atomic mass is 10.2. The van der Waals surface area contributed by atoms with Gasteiger partial charge < -0.3 is 14.8 Å². The van der Waals surface area contributed by atoms with Crippen molar-refractivity contribution in [2.24, 2.45) is 0 Å². The Hall–Kier alpha value is -4.18. The molecule has 4 rings (SSSR count). The first-order valence-corrected chi connectivity index (χ1v) is 11.0. The molecule has 9 nitrogen and oxygen atoms in total. The van der Waals surface area contributed by atoms with E-state index in [1.165, 1.54) is 4.68 Å². The summed E-state index contributed by atoms with van der Waals surface area (Å²) in [5, 5.41) is 7.39. The van der Waals surface area contributed by atoms with E-state index in [0.717, 1.165) is 5.56 Å².